The Morgan fingerprint density at radius 2 is 1.85 bits per heavy atom. The normalized spacial score (nSPS) is 10.2. The molecule has 20 heavy (non-hydrogen) atoms. The Labute approximate surface area is 115 Å². The van der Waals surface area contributed by atoms with Gasteiger partial charge in [-0.1, -0.05) is 12.1 Å². The van der Waals surface area contributed by atoms with Crippen molar-refractivity contribution in [3.8, 4) is 0 Å². The summed E-state index contributed by atoms with van der Waals surface area (Å²) in [5.74, 6) is -0.00764. The van der Waals surface area contributed by atoms with Crippen LogP contribution in [0.4, 0.5) is 26.1 Å². The van der Waals surface area contributed by atoms with E-state index in [1.807, 2.05) is 0 Å². The second-order valence-electron chi connectivity index (χ2n) is 4.08. The number of hydrogen-bond donors (Lipinski definition) is 2. The molecule has 0 saturated heterocycles. The molecular formula is C14H14F2N4. The molecule has 0 radical (unpaired) electrons. The number of para-hydroxylation sites is 1. The van der Waals surface area contributed by atoms with Crippen LogP contribution in [0.15, 0.2) is 36.9 Å². The number of nitrogens with zero attached hydrogens (tertiary/aromatic N) is 2. The SMILES string of the molecule is C=CCNc1cc(Nc2c(F)cccc2F)nc(C)n1. The van der Waals surface area contributed by atoms with Gasteiger partial charge in [-0.05, 0) is 19.1 Å². The number of aromatic nitrogens is 2. The van der Waals surface area contributed by atoms with Crippen LogP contribution in [0.25, 0.3) is 0 Å². The molecule has 2 rings (SSSR count). The summed E-state index contributed by atoms with van der Waals surface area (Å²) in [6.07, 6.45) is 1.68. The fourth-order valence-electron chi connectivity index (χ4n) is 1.64. The van der Waals surface area contributed by atoms with Gasteiger partial charge in [0.1, 0.15) is 34.8 Å². The van der Waals surface area contributed by atoms with E-state index in [9.17, 15) is 8.78 Å². The lowest BCUT2D eigenvalue weighted by atomic mass is 10.3. The molecule has 0 fully saturated rings. The number of hydrogen-bond acceptors (Lipinski definition) is 4. The predicted molar refractivity (Wildman–Crippen MR) is 75.1 cm³/mol. The average Bonchev–Trinajstić information content (AvgIpc) is 2.40. The van der Waals surface area contributed by atoms with E-state index in [0.29, 0.717) is 24.0 Å². The number of aryl methyl sites for hydroxylation is 1. The molecule has 1 aromatic heterocycles. The molecule has 0 amide bonds. The van der Waals surface area contributed by atoms with Gasteiger partial charge in [-0.25, -0.2) is 18.7 Å². The van der Waals surface area contributed by atoms with Gasteiger partial charge < -0.3 is 10.6 Å². The van der Waals surface area contributed by atoms with E-state index >= 15 is 0 Å². The molecule has 0 atom stereocenters. The summed E-state index contributed by atoms with van der Waals surface area (Å²) in [5, 5.41) is 5.63. The first-order valence-electron chi connectivity index (χ1n) is 6.01. The molecule has 0 bridgehead atoms. The van der Waals surface area contributed by atoms with Crippen molar-refractivity contribution in [3.05, 3.63) is 54.4 Å². The Hall–Kier alpha value is -2.50. The summed E-state index contributed by atoms with van der Waals surface area (Å²) in [6, 6.07) is 5.23. The molecule has 104 valence electrons. The zero-order valence-corrected chi connectivity index (χ0v) is 11.0. The summed E-state index contributed by atoms with van der Waals surface area (Å²) in [5.41, 5.74) is -0.236. The Morgan fingerprint density at radius 1 is 1.20 bits per heavy atom. The first kappa shape index (κ1) is 13.9. The lowest BCUT2D eigenvalue weighted by Gasteiger charge is -2.10. The molecule has 0 unspecified atom stereocenters. The highest BCUT2D eigenvalue weighted by molar-refractivity contribution is 5.60. The van der Waals surface area contributed by atoms with E-state index in [2.05, 4.69) is 27.2 Å². The summed E-state index contributed by atoms with van der Waals surface area (Å²) in [4.78, 5) is 8.26. The van der Waals surface area contributed by atoms with Crippen LogP contribution < -0.4 is 10.6 Å². The van der Waals surface area contributed by atoms with Crippen molar-refractivity contribution in [2.75, 3.05) is 17.2 Å². The molecule has 2 N–H and O–H groups in total. The molecule has 1 heterocycles. The van der Waals surface area contributed by atoms with E-state index in [-0.39, 0.29) is 5.69 Å². The van der Waals surface area contributed by atoms with Gasteiger partial charge in [-0.15, -0.1) is 6.58 Å². The first-order valence-corrected chi connectivity index (χ1v) is 6.01. The Morgan fingerprint density at radius 3 is 2.50 bits per heavy atom. The maximum absolute atomic E-state index is 13.6. The maximum Gasteiger partial charge on any atom is 0.149 e. The number of nitrogens with one attached hydrogen (secondary N) is 2. The summed E-state index contributed by atoms with van der Waals surface area (Å²) < 4.78 is 27.1. The summed E-state index contributed by atoms with van der Waals surface area (Å²) in [6.45, 7) is 5.82. The first-order chi connectivity index (χ1) is 9.60. The van der Waals surface area contributed by atoms with Gasteiger partial charge in [0, 0.05) is 12.6 Å². The van der Waals surface area contributed by atoms with Crippen LogP contribution in [-0.4, -0.2) is 16.5 Å². The van der Waals surface area contributed by atoms with Gasteiger partial charge in [0.05, 0.1) is 0 Å². The molecule has 2 aromatic rings. The highest BCUT2D eigenvalue weighted by Gasteiger charge is 2.10. The van der Waals surface area contributed by atoms with Crippen molar-refractivity contribution in [2.45, 2.75) is 6.92 Å². The van der Waals surface area contributed by atoms with Gasteiger partial charge in [0.15, 0.2) is 0 Å². The third-order valence-corrected chi connectivity index (χ3v) is 2.48. The second-order valence-corrected chi connectivity index (χ2v) is 4.08. The molecule has 0 aliphatic carbocycles. The zero-order valence-electron chi connectivity index (χ0n) is 11.0. The predicted octanol–water partition coefficient (Wildman–Crippen LogP) is 3.40. The maximum atomic E-state index is 13.6. The van der Waals surface area contributed by atoms with Gasteiger partial charge in [0.25, 0.3) is 0 Å². The van der Waals surface area contributed by atoms with Gasteiger partial charge >= 0.3 is 0 Å². The van der Waals surface area contributed by atoms with Crippen LogP contribution in [0.3, 0.4) is 0 Å². The van der Waals surface area contributed by atoms with Crippen molar-refractivity contribution < 1.29 is 8.78 Å². The number of benzene rings is 1. The van der Waals surface area contributed by atoms with Gasteiger partial charge in [-0.3, -0.25) is 0 Å². The minimum atomic E-state index is -0.679. The fourth-order valence-corrected chi connectivity index (χ4v) is 1.64. The molecule has 1 aromatic carbocycles. The third kappa shape index (κ3) is 3.28. The largest absolute Gasteiger partial charge is 0.366 e. The third-order valence-electron chi connectivity index (χ3n) is 2.48. The standard InChI is InChI=1S/C14H14F2N4/c1-3-7-17-12-8-13(19-9(2)18-12)20-14-10(15)5-4-6-11(14)16/h3-6,8H,1,7H2,2H3,(H2,17,18,19,20). The van der Waals surface area contributed by atoms with E-state index in [1.165, 1.54) is 18.2 Å². The molecule has 0 aliphatic heterocycles. The minimum Gasteiger partial charge on any atom is -0.366 e. The quantitative estimate of drug-likeness (QED) is 0.822. The van der Waals surface area contributed by atoms with Gasteiger partial charge in [0.2, 0.25) is 0 Å². The lowest BCUT2D eigenvalue weighted by molar-refractivity contribution is 0.590. The summed E-state index contributed by atoms with van der Waals surface area (Å²) >= 11 is 0. The van der Waals surface area contributed by atoms with Crippen LogP contribution >= 0.6 is 0 Å². The van der Waals surface area contributed by atoms with E-state index in [0.717, 1.165) is 0 Å². The van der Waals surface area contributed by atoms with Crippen molar-refractivity contribution >= 4 is 17.3 Å². The smallest absolute Gasteiger partial charge is 0.149 e. The highest BCUT2D eigenvalue weighted by Crippen LogP contribution is 2.23. The number of anilines is 3. The molecule has 4 nitrogen and oxygen atoms in total. The van der Waals surface area contributed by atoms with E-state index in [1.54, 1.807) is 19.1 Å². The lowest BCUT2D eigenvalue weighted by Crippen LogP contribution is -2.06. The highest BCUT2D eigenvalue weighted by atomic mass is 19.1. The van der Waals surface area contributed by atoms with Crippen molar-refractivity contribution in [1.82, 2.24) is 9.97 Å². The monoisotopic (exact) mass is 276 g/mol. The van der Waals surface area contributed by atoms with Crippen molar-refractivity contribution in [3.63, 3.8) is 0 Å². The van der Waals surface area contributed by atoms with Crippen LogP contribution in [-0.2, 0) is 0 Å². The van der Waals surface area contributed by atoms with Crippen LogP contribution in [0.1, 0.15) is 5.82 Å². The molecule has 6 heteroatoms. The Balaban J connectivity index is 2.29. The second kappa shape index (κ2) is 6.10. The number of halogens is 2. The summed E-state index contributed by atoms with van der Waals surface area (Å²) in [7, 11) is 0. The van der Waals surface area contributed by atoms with E-state index < -0.39 is 11.6 Å². The van der Waals surface area contributed by atoms with Crippen molar-refractivity contribution in [1.29, 1.82) is 0 Å². The topological polar surface area (TPSA) is 49.8 Å². The Kier molecular flexibility index (Phi) is 4.24. The number of rotatable bonds is 5. The molecule has 0 saturated carbocycles. The minimum absolute atomic E-state index is 0.236. The average molecular weight is 276 g/mol. The fraction of sp³-hybridized carbons (Fsp3) is 0.143. The van der Waals surface area contributed by atoms with Gasteiger partial charge in [-0.2, -0.15) is 0 Å². The van der Waals surface area contributed by atoms with Crippen LogP contribution in [0, 0.1) is 18.6 Å². The zero-order chi connectivity index (χ0) is 14.5. The van der Waals surface area contributed by atoms with Crippen molar-refractivity contribution in [2.24, 2.45) is 0 Å². The van der Waals surface area contributed by atoms with Crippen LogP contribution in [0.2, 0.25) is 0 Å². The van der Waals surface area contributed by atoms with Crippen LogP contribution in [0.5, 0.6) is 0 Å². The van der Waals surface area contributed by atoms with E-state index in [4.69, 9.17) is 0 Å². The Bertz CT molecular complexity index is 608. The molecular weight excluding hydrogens is 262 g/mol. The molecule has 0 aliphatic rings. The molecule has 0 spiro atoms.